The lowest BCUT2D eigenvalue weighted by atomic mass is 9.67. The monoisotopic (exact) mass is 273 g/mol. The SMILES string of the molecule is CC(O)C(CN)(CC1CC2CCC1C2)c1ccccc1. The predicted octanol–water partition coefficient (Wildman–Crippen LogP) is 3.09. The lowest BCUT2D eigenvalue weighted by Crippen LogP contribution is -2.46. The number of aliphatic hydroxyl groups excluding tert-OH is 1. The standard InChI is InChI=1S/C18H27NO/c1-13(20)18(12-19,17-5-3-2-4-6-17)11-16-10-14-7-8-15(16)9-14/h2-6,13-16,20H,7-12,19H2,1H3. The van der Waals surface area contributed by atoms with Crippen molar-refractivity contribution in [2.45, 2.75) is 50.5 Å². The van der Waals surface area contributed by atoms with Gasteiger partial charge in [0.25, 0.3) is 0 Å². The number of rotatable bonds is 5. The van der Waals surface area contributed by atoms with Gasteiger partial charge in [-0.25, -0.2) is 0 Å². The molecule has 3 N–H and O–H groups in total. The van der Waals surface area contributed by atoms with Crippen LogP contribution in [0.4, 0.5) is 0 Å². The van der Waals surface area contributed by atoms with Crippen molar-refractivity contribution in [2.75, 3.05) is 6.54 Å². The smallest absolute Gasteiger partial charge is 0.0620 e. The molecule has 2 heteroatoms. The van der Waals surface area contributed by atoms with Crippen LogP contribution in [0.15, 0.2) is 30.3 Å². The second kappa shape index (κ2) is 5.50. The summed E-state index contributed by atoms with van der Waals surface area (Å²) in [5.74, 6) is 2.59. The van der Waals surface area contributed by atoms with Gasteiger partial charge in [0.05, 0.1) is 6.10 Å². The van der Waals surface area contributed by atoms with Gasteiger partial charge in [-0.15, -0.1) is 0 Å². The highest BCUT2D eigenvalue weighted by Crippen LogP contribution is 2.52. The van der Waals surface area contributed by atoms with Gasteiger partial charge in [0.2, 0.25) is 0 Å². The topological polar surface area (TPSA) is 46.2 Å². The summed E-state index contributed by atoms with van der Waals surface area (Å²) in [5.41, 5.74) is 7.10. The lowest BCUT2D eigenvalue weighted by molar-refractivity contribution is 0.0735. The second-order valence-electron chi connectivity index (χ2n) is 7.04. The molecule has 3 rings (SSSR count). The third-order valence-corrected chi connectivity index (χ3v) is 6.02. The second-order valence-corrected chi connectivity index (χ2v) is 7.04. The maximum Gasteiger partial charge on any atom is 0.0620 e. The van der Waals surface area contributed by atoms with Crippen molar-refractivity contribution >= 4 is 0 Å². The van der Waals surface area contributed by atoms with E-state index >= 15 is 0 Å². The van der Waals surface area contributed by atoms with Gasteiger partial charge < -0.3 is 10.8 Å². The molecule has 1 aromatic carbocycles. The van der Waals surface area contributed by atoms with Crippen molar-refractivity contribution in [3.63, 3.8) is 0 Å². The van der Waals surface area contributed by atoms with Gasteiger partial charge in [0, 0.05) is 12.0 Å². The molecule has 0 saturated heterocycles. The van der Waals surface area contributed by atoms with Crippen LogP contribution in [-0.4, -0.2) is 17.8 Å². The molecule has 0 amide bonds. The summed E-state index contributed by atoms with van der Waals surface area (Å²) in [7, 11) is 0. The van der Waals surface area contributed by atoms with E-state index in [1.807, 2.05) is 13.0 Å². The molecule has 5 atom stereocenters. The third-order valence-electron chi connectivity index (χ3n) is 6.02. The maximum atomic E-state index is 10.5. The fraction of sp³-hybridized carbons (Fsp3) is 0.667. The summed E-state index contributed by atoms with van der Waals surface area (Å²) < 4.78 is 0. The first kappa shape index (κ1) is 14.1. The molecule has 0 spiro atoms. The van der Waals surface area contributed by atoms with Crippen LogP contribution in [0.25, 0.3) is 0 Å². The first-order valence-electron chi connectivity index (χ1n) is 8.09. The molecule has 0 aromatic heterocycles. The number of hydrogen-bond acceptors (Lipinski definition) is 2. The molecular weight excluding hydrogens is 246 g/mol. The molecule has 5 unspecified atom stereocenters. The highest BCUT2D eigenvalue weighted by atomic mass is 16.3. The molecular formula is C18H27NO. The van der Waals surface area contributed by atoms with Gasteiger partial charge in [0.15, 0.2) is 0 Å². The number of aliphatic hydroxyl groups is 1. The minimum absolute atomic E-state index is 0.267. The van der Waals surface area contributed by atoms with Crippen molar-refractivity contribution in [1.82, 2.24) is 0 Å². The van der Waals surface area contributed by atoms with Crippen LogP contribution in [0.1, 0.15) is 44.6 Å². The van der Waals surface area contributed by atoms with E-state index in [0.717, 1.165) is 24.2 Å². The quantitative estimate of drug-likeness (QED) is 0.866. The van der Waals surface area contributed by atoms with Gasteiger partial charge in [0.1, 0.15) is 0 Å². The molecule has 0 heterocycles. The van der Waals surface area contributed by atoms with E-state index in [2.05, 4.69) is 24.3 Å². The fourth-order valence-corrected chi connectivity index (χ4v) is 4.77. The molecule has 2 saturated carbocycles. The largest absolute Gasteiger partial charge is 0.392 e. The number of hydrogen-bond donors (Lipinski definition) is 2. The Bertz CT molecular complexity index is 444. The van der Waals surface area contributed by atoms with Gasteiger partial charge >= 0.3 is 0 Å². The highest BCUT2D eigenvalue weighted by Gasteiger charge is 2.45. The molecule has 2 aliphatic rings. The van der Waals surface area contributed by atoms with Crippen molar-refractivity contribution in [3.05, 3.63) is 35.9 Å². The summed E-state index contributed by atoms with van der Waals surface area (Å²) in [6.07, 6.45) is 6.24. The van der Waals surface area contributed by atoms with E-state index in [-0.39, 0.29) is 5.41 Å². The molecule has 0 aliphatic heterocycles. The molecule has 2 fully saturated rings. The first-order valence-corrected chi connectivity index (χ1v) is 8.09. The Hall–Kier alpha value is -0.860. The van der Waals surface area contributed by atoms with Crippen molar-refractivity contribution in [2.24, 2.45) is 23.5 Å². The third kappa shape index (κ3) is 2.29. The average Bonchev–Trinajstić information content (AvgIpc) is 3.08. The summed E-state index contributed by atoms with van der Waals surface area (Å²) in [4.78, 5) is 0. The molecule has 2 bridgehead atoms. The van der Waals surface area contributed by atoms with Crippen LogP contribution in [0.5, 0.6) is 0 Å². The van der Waals surface area contributed by atoms with E-state index in [4.69, 9.17) is 5.73 Å². The minimum Gasteiger partial charge on any atom is -0.392 e. The zero-order chi connectivity index (χ0) is 14.2. The number of nitrogens with two attached hydrogens (primary N) is 1. The number of fused-ring (bicyclic) bond motifs is 2. The van der Waals surface area contributed by atoms with Crippen LogP contribution in [0.2, 0.25) is 0 Å². The normalized spacial score (nSPS) is 33.0. The molecule has 110 valence electrons. The molecule has 20 heavy (non-hydrogen) atoms. The summed E-state index contributed by atoms with van der Waals surface area (Å²) in [5, 5.41) is 10.5. The van der Waals surface area contributed by atoms with Crippen LogP contribution in [0.3, 0.4) is 0 Å². The minimum atomic E-state index is -0.394. The lowest BCUT2D eigenvalue weighted by Gasteiger charge is -2.40. The average molecular weight is 273 g/mol. The van der Waals surface area contributed by atoms with Gasteiger partial charge in [-0.2, -0.15) is 0 Å². The molecule has 2 nitrogen and oxygen atoms in total. The van der Waals surface area contributed by atoms with E-state index < -0.39 is 6.10 Å². The van der Waals surface area contributed by atoms with E-state index in [9.17, 15) is 5.11 Å². The summed E-state index contributed by atoms with van der Waals surface area (Å²) in [6, 6.07) is 10.4. The van der Waals surface area contributed by atoms with Crippen molar-refractivity contribution in [1.29, 1.82) is 0 Å². The molecule has 1 aromatic rings. The summed E-state index contributed by atoms with van der Waals surface area (Å²) >= 11 is 0. The zero-order valence-corrected chi connectivity index (χ0v) is 12.5. The first-order chi connectivity index (χ1) is 9.65. The van der Waals surface area contributed by atoms with Crippen LogP contribution < -0.4 is 5.73 Å². The molecule has 2 aliphatic carbocycles. The predicted molar refractivity (Wildman–Crippen MR) is 82.4 cm³/mol. The summed E-state index contributed by atoms with van der Waals surface area (Å²) in [6.45, 7) is 2.44. The van der Waals surface area contributed by atoms with Gasteiger partial charge in [-0.3, -0.25) is 0 Å². The maximum absolute atomic E-state index is 10.5. The van der Waals surface area contributed by atoms with E-state index in [1.54, 1.807) is 0 Å². The van der Waals surface area contributed by atoms with Crippen LogP contribution >= 0.6 is 0 Å². The van der Waals surface area contributed by atoms with E-state index in [0.29, 0.717) is 6.54 Å². The zero-order valence-electron chi connectivity index (χ0n) is 12.5. The van der Waals surface area contributed by atoms with Gasteiger partial charge in [-0.1, -0.05) is 36.8 Å². The highest BCUT2D eigenvalue weighted by molar-refractivity contribution is 5.28. The fourth-order valence-electron chi connectivity index (χ4n) is 4.77. The Balaban J connectivity index is 1.86. The van der Waals surface area contributed by atoms with Crippen LogP contribution in [-0.2, 0) is 5.41 Å². The van der Waals surface area contributed by atoms with E-state index in [1.165, 1.54) is 31.2 Å². The Kier molecular flexibility index (Phi) is 3.87. The number of benzene rings is 1. The Morgan fingerprint density at radius 2 is 2.00 bits per heavy atom. The Morgan fingerprint density at radius 3 is 2.50 bits per heavy atom. The van der Waals surface area contributed by atoms with Gasteiger partial charge in [-0.05, 0) is 55.9 Å². The Morgan fingerprint density at radius 1 is 1.25 bits per heavy atom. The van der Waals surface area contributed by atoms with Crippen LogP contribution in [0, 0.1) is 17.8 Å². The van der Waals surface area contributed by atoms with Crippen molar-refractivity contribution < 1.29 is 5.11 Å². The van der Waals surface area contributed by atoms with Crippen molar-refractivity contribution in [3.8, 4) is 0 Å². The molecule has 0 radical (unpaired) electrons. The Labute approximate surface area is 122 Å².